The zero-order chi connectivity index (χ0) is 13.1. The van der Waals surface area contributed by atoms with Crippen LogP contribution in [0.15, 0.2) is 24.5 Å². The standard InChI is InChI=1S/C10H8Cl2N4O2/c11-7-3-6(4-8(12)10(7)18)14-9(17)5-16-2-1-13-15-16/h1-4,18H,5H2,(H,14,17). The van der Waals surface area contributed by atoms with Gasteiger partial charge in [-0.05, 0) is 12.1 Å². The van der Waals surface area contributed by atoms with Crippen LogP contribution in [0.1, 0.15) is 0 Å². The largest absolute Gasteiger partial charge is 0.505 e. The molecule has 18 heavy (non-hydrogen) atoms. The molecular formula is C10H8Cl2N4O2. The summed E-state index contributed by atoms with van der Waals surface area (Å²) in [6.45, 7) is 0.0239. The van der Waals surface area contributed by atoms with E-state index in [1.54, 1.807) is 6.20 Å². The monoisotopic (exact) mass is 286 g/mol. The van der Waals surface area contributed by atoms with Crippen LogP contribution in [0.5, 0.6) is 5.75 Å². The van der Waals surface area contributed by atoms with Crippen molar-refractivity contribution >= 4 is 34.8 Å². The second-order valence-corrected chi connectivity index (χ2v) is 4.25. The number of carbonyl (C=O) groups is 1. The van der Waals surface area contributed by atoms with Crippen LogP contribution >= 0.6 is 23.2 Å². The van der Waals surface area contributed by atoms with Gasteiger partial charge in [0.1, 0.15) is 6.54 Å². The molecule has 1 amide bonds. The number of hydrogen-bond donors (Lipinski definition) is 2. The first-order chi connectivity index (χ1) is 8.56. The molecule has 0 fully saturated rings. The molecule has 94 valence electrons. The van der Waals surface area contributed by atoms with Crippen molar-refractivity contribution in [3.63, 3.8) is 0 Å². The minimum absolute atomic E-state index is 0.0239. The Hall–Kier alpha value is -1.79. The number of benzene rings is 1. The molecule has 0 spiro atoms. The predicted octanol–water partition coefficient (Wildman–Crippen LogP) is 1.93. The highest BCUT2D eigenvalue weighted by Crippen LogP contribution is 2.34. The van der Waals surface area contributed by atoms with Gasteiger partial charge in [-0.1, -0.05) is 28.4 Å². The van der Waals surface area contributed by atoms with E-state index in [-0.39, 0.29) is 28.2 Å². The number of aromatic hydroxyl groups is 1. The van der Waals surface area contributed by atoms with Gasteiger partial charge in [-0.3, -0.25) is 4.79 Å². The molecule has 2 N–H and O–H groups in total. The summed E-state index contributed by atoms with van der Waals surface area (Å²) in [5.41, 5.74) is 0.396. The third-order valence-corrected chi connectivity index (χ3v) is 2.65. The van der Waals surface area contributed by atoms with Crippen LogP contribution in [0.3, 0.4) is 0 Å². The molecule has 0 aliphatic heterocycles. The summed E-state index contributed by atoms with van der Waals surface area (Å²) in [4.78, 5) is 11.6. The fourth-order valence-corrected chi connectivity index (χ4v) is 1.79. The van der Waals surface area contributed by atoms with Crippen molar-refractivity contribution < 1.29 is 9.90 Å². The average Bonchev–Trinajstić information content (AvgIpc) is 2.78. The molecule has 0 atom stereocenters. The number of phenols is 1. The molecule has 1 aromatic carbocycles. The van der Waals surface area contributed by atoms with E-state index in [0.29, 0.717) is 5.69 Å². The molecule has 0 radical (unpaired) electrons. The number of rotatable bonds is 3. The zero-order valence-electron chi connectivity index (χ0n) is 8.97. The lowest BCUT2D eigenvalue weighted by Crippen LogP contribution is -2.19. The average molecular weight is 287 g/mol. The van der Waals surface area contributed by atoms with Gasteiger partial charge in [0.2, 0.25) is 5.91 Å². The topological polar surface area (TPSA) is 80.0 Å². The Labute approximate surface area is 112 Å². The predicted molar refractivity (Wildman–Crippen MR) is 66.8 cm³/mol. The number of aromatic nitrogens is 3. The van der Waals surface area contributed by atoms with Crippen molar-refractivity contribution in [2.75, 3.05) is 5.32 Å². The maximum absolute atomic E-state index is 11.6. The molecule has 0 bridgehead atoms. The second-order valence-electron chi connectivity index (χ2n) is 3.44. The highest BCUT2D eigenvalue weighted by molar-refractivity contribution is 6.37. The summed E-state index contributed by atoms with van der Waals surface area (Å²) in [5, 5.41) is 19.3. The zero-order valence-corrected chi connectivity index (χ0v) is 10.5. The van der Waals surface area contributed by atoms with Gasteiger partial charge in [-0.2, -0.15) is 0 Å². The van der Waals surface area contributed by atoms with E-state index in [4.69, 9.17) is 23.2 Å². The molecule has 2 aromatic rings. The minimum atomic E-state index is -0.307. The lowest BCUT2D eigenvalue weighted by atomic mass is 10.3. The van der Waals surface area contributed by atoms with Gasteiger partial charge in [-0.25, -0.2) is 4.68 Å². The Morgan fingerprint density at radius 2 is 2.06 bits per heavy atom. The maximum Gasteiger partial charge on any atom is 0.246 e. The summed E-state index contributed by atoms with van der Waals surface area (Å²) in [6.07, 6.45) is 3.04. The Morgan fingerprint density at radius 1 is 1.39 bits per heavy atom. The van der Waals surface area contributed by atoms with Crippen LogP contribution in [0.2, 0.25) is 10.0 Å². The smallest absolute Gasteiger partial charge is 0.246 e. The highest BCUT2D eigenvalue weighted by Gasteiger charge is 2.09. The van der Waals surface area contributed by atoms with Gasteiger partial charge in [0, 0.05) is 11.9 Å². The van der Waals surface area contributed by atoms with Crippen molar-refractivity contribution in [3.05, 3.63) is 34.6 Å². The number of phenolic OH excluding ortho intramolecular Hbond substituents is 1. The normalized spacial score (nSPS) is 10.3. The van der Waals surface area contributed by atoms with Crippen molar-refractivity contribution in [3.8, 4) is 5.75 Å². The first-order valence-corrected chi connectivity index (χ1v) is 5.64. The van der Waals surface area contributed by atoms with E-state index >= 15 is 0 Å². The fraction of sp³-hybridized carbons (Fsp3) is 0.100. The number of halogens is 2. The first kappa shape index (κ1) is 12.7. The summed E-state index contributed by atoms with van der Waals surface area (Å²) in [5.74, 6) is -0.522. The number of nitrogens with zero attached hydrogens (tertiary/aromatic N) is 3. The van der Waals surface area contributed by atoms with Crippen LogP contribution in [0.25, 0.3) is 0 Å². The van der Waals surface area contributed by atoms with Gasteiger partial charge in [0.05, 0.1) is 16.2 Å². The molecule has 1 heterocycles. The van der Waals surface area contributed by atoms with E-state index in [1.165, 1.54) is 23.0 Å². The maximum atomic E-state index is 11.6. The Kier molecular flexibility index (Phi) is 3.69. The highest BCUT2D eigenvalue weighted by atomic mass is 35.5. The molecule has 1 aromatic heterocycles. The minimum Gasteiger partial charge on any atom is -0.505 e. The van der Waals surface area contributed by atoms with Crippen molar-refractivity contribution in [1.29, 1.82) is 0 Å². The molecule has 6 nitrogen and oxygen atoms in total. The first-order valence-electron chi connectivity index (χ1n) is 4.88. The molecular weight excluding hydrogens is 279 g/mol. The third kappa shape index (κ3) is 2.91. The lowest BCUT2D eigenvalue weighted by Gasteiger charge is -2.07. The molecule has 0 unspecified atom stereocenters. The van der Waals surface area contributed by atoms with E-state index in [0.717, 1.165) is 0 Å². The fourth-order valence-electron chi connectivity index (χ4n) is 1.30. The molecule has 0 aliphatic rings. The Balaban J connectivity index is 2.07. The van der Waals surface area contributed by atoms with Crippen LogP contribution in [-0.4, -0.2) is 26.0 Å². The van der Waals surface area contributed by atoms with Crippen molar-refractivity contribution in [2.45, 2.75) is 6.54 Å². The van der Waals surface area contributed by atoms with Gasteiger partial charge in [-0.15, -0.1) is 5.10 Å². The molecule has 0 aliphatic carbocycles. The van der Waals surface area contributed by atoms with E-state index < -0.39 is 0 Å². The summed E-state index contributed by atoms with van der Waals surface area (Å²) >= 11 is 11.5. The number of amides is 1. The quantitative estimate of drug-likeness (QED) is 0.845. The van der Waals surface area contributed by atoms with Crippen molar-refractivity contribution in [2.24, 2.45) is 0 Å². The van der Waals surface area contributed by atoms with Gasteiger partial charge in [0.25, 0.3) is 0 Å². The SMILES string of the molecule is O=C(Cn1ccnn1)Nc1cc(Cl)c(O)c(Cl)c1. The lowest BCUT2D eigenvalue weighted by molar-refractivity contribution is -0.116. The van der Waals surface area contributed by atoms with E-state index in [1.807, 2.05) is 0 Å². The van der Waals surface area contributed by atoms with Gasteiger partial charge >= 0.3 is 0 Å². The van der Waals surface area contributed by atoms with Gasteiger partial charge < -0.3 is 10.4 Å². The van der Waals surface area contributed by atoms with Crippen LogP contribution in [0, 0.1) is 0 Å². The van der Waals surface area contributed by atoms with Crippen LogP contribution < -0.4 is 5.32 Å². The summed E-state index contributed by atoms with van der Waals surface area (Å²) in [7, 11) is 0. The molecule has 0 saturated heterocycles. The van der Waals surface area contributed by atoms with Crippen LogP contribution in [0.4, 0.5) is 5.69 Å². The van der Waals surface area contributed by atoms with E-state index in [2.05, 4.69) is 15.6 Å². The van der Waals surface area contributed by atoms with E-state index in [9.17, 15) is 9.90 Å². The van der Waals surface area contributed by atoms with Gasteiger partial charge in [0.15, 0.2) is 5.75 Å². The molecule has 8 heteroatoms. The number of hydrogen-bond acceptors (Lipinski definition) is 4. The Morgan fingerprint density at radius 3 is 2.61 bits per heavy atom. The Bertz CT molecular complexity index is 548. The number of anilines is 1. The number of nitrogens with one attached hydrogen (secondary N) is 1. The number of carbonyl (C=O) groups excluding carboxylic acids is 1. The van der Waals surface area contributed by atoms with Crippen molar-refractivity contribution in [1.82, 2.24) is 15.0 Å². The molecule has 0 saturated carbocycles. The molecule has 2 rings (SSSR count). The summed E-state index contributed by atoms with van der Waals surface area (Å²) in [6, 6.07) is 2.81. The second kappa shape index (κ2) is 5.24. The van der Waals surface area contributed by atoms with Crippen LogP contribution in [-0.2, 0) is 11.3 Å². The summed E-state index contributed by atoms with van der Waals surface area (Å²) < 4.78 is 1.37. The third-order valence-electron chi connectivity index (χ3n) is 2.08.